The zero-order chi connectivity index (χ0) is 20.2. The Bertz CT molecular complexity index is 1080. The highest BCUT2D eigenvalue weighted by molar-refractivity contribution is 5.56. The van der Waals surface area contributed by atoms with Gasteiger partial charge >= 0.3 is 5.69 Å². The molecule has 29 heavy (non-hydrogen) atoms. The van der Waals surface area contributed by atoms with Crippen molar-refractivity contribution in [1.29, 1.82) is 0 Å². The van der Waals surface area contributed by atoms with Crippen LogP contribution in [0.15, 0.2) is 58.6 Å². The number of aromatic nitrogens is 5. The summed E-state index contributed by atoms with van der Waals surface area (Å²) in [6, 6.07) is 7.14. The molecule has 4 rings (SSSR count). The molecular weight excluding hydrogens is 368 g/mol. The summed E-state index contributed by atoms with van der Waals surface area (Å²) >= 11 is 0. The molecule has 4 heterocycles. The standard InChI is InChI=1S/C21H24N6O2/c1-25-13-17(12-23-21(25)29)14-26-10-6-16(7-11-26)15-27-20(28)3-2-19(24-27)18-4-8-22-9-5-18/h2-5,8-9,12-13,16H,6-7,10-11,14-15H2,1H3. The maximum absolute atomic E-state index is 12.3. The number of aryl methyl sites for hydroxylation is 1. The lowest BCUT2D eigenvalue weighted by Crippen LogP contribution is -2.36. The van der Waals surface area contributed by atoms with E-state index in [2.05, 4.69) is 20.0 Å². The predicted molar refractivity (Wildman–Crippen MR) is 109 cm³/mol. The summed E-state index contributed by atoms with van der Waals surface area (Å²) in [6.07, 6.45) is 8.96. The topological polar surface area (TPSA) is 85.9 Å². The number of hydrogen-bond acceptors (Lipinski definition) is 6. The van der Waals surface area contributed by atoms with E-state index in [0.29, 0.717) is 12.5 Å². The second-order valence-corrected chi connectivity index (χ2v) is 7.55. The summed E-state index contributed by atoms with van der Waals surface area (Å²) < 4.78 is 3.10. The van der Waals surface area contributed by atoms with Gasteiger partial charge in [0.2, 0.25) is 0 Å². The molecule has 8 nitrogen and oxygen atoms in total. The van der Waals surface area contributed by atoms with Gasteiger partial charge in [-0.2, -0.15) is 5.10 Å². The van der Waals surface area contributed by atoms with E-state index in [9.17, 15) is 9.59 Å². The quantitative estimate of drug-likeness (QED) is 0.651. The van der Waals surface area contributed by atoms with Crippen LogP contribution in [0.4, 0.5) is 0 Å². The first-order valence-electron chi connectivity index (χ1n) is 9.81. The third kappa shape index (κ3) is 4.65. The summed E-state index contributed by atoms with van der Waals surface area (Å²) in [5, 5.41) is 4.56. The van der Waals surface area contributed by atoms with Gasteiger partial charge in [0.05, 0.1) is 5.69 Å². The van der Waals surface area contributed by atoms with Crippen molar-refractivity contribution >= 4 is 0 Å². The molecule has 1 fully saturated rings. The first-order valence-corrected chi connectivity index (χ1v) is 9.81. The van der Waals surface area contributed by atoms with E-state index in [1.165, 1.54) is 4.57 Å². The molecule has 3 aromatic rings. The molecule has 0 saturated carbocycles. The Balaban J connectivity index is 1.38. The van der Waals surface area contributed by atoms with E-state index in [-0.39, 0.29) is 11.2 Å². The average molecular weight is 392 g/mol. The van der Waals surface area contributed by atoms with Gasteiger partial charge in [-0.05, 0) is 50.0 Å². The number of nitrogens with zero attached hydrogens (tertiary/aromatic N) is 6. The summed E-state index contributed by atoms with van der Waals surface area (Å²) in [5.41, 5.74) is 2.47. The molecule has 1 aliphatic rings. The molecule has 0 radical (unpaired) electrons. The van der Waals surface area contributed by atoms with Crippen molar-refractivity contribution in [2.24, 2.45) is 13.0 Å². The molecule has 0 aliphatic carbocycles. The molecule has 0 N–H and O–H groups in total. The molecule has 0 bridgehead atoms. The number of piperidine rings is 1. The highest BCUT2D eigenvalue weighted by Gasteiger charge is 2.21. The molecule has 150 valence electrons. The molecular formula is C21H24N6O2. The Morgan fingerprint density at radius 2 is 1.83 bits per heavy atom. The number of hydrogen-bond donors (Lipinski definition) is 0. The number of rotatable bonds is 5. The van der Waals surface area contributed by atoms with E-state index in [1.54, 1.807) is 42.5 Å². The Morgan fingerprint density at radius 1 is 1.07 bits per heavy atom. The lowest BCUT2D eigenvalue weighted by Gasteiger charge is -2.32. The van der Waals surface area contributed by atoms with Crippen LogP contribution in [-0.2, 0) is 20.1 Å². The second kappa shape index (κ2) is 8.48. The number of likely N-dealkylation sites (tertiary alicyclic amines) is 1. The molecule has 1 saturated heterocycles. The van der Waals surface area contributed by atoms with Crippen molar-refractivity contribution in [1.82, 2.24) is 29.2 Å². The van der Waals surface area contributed by atoms with Crippen molar-refractivity contribution < 1.29 is 0 Å². The van der Waals surface area contributed by atoms with Gasteiger partial charge < -0.3 is 4.57 Å². The lowest BCUT2D eigenvalue weighted by atomic mass is 9.96. The molecule has 0 unspecified atom stereocenters. The van der Waals surface area contributed by atoms with Crippen LogP contribution in [0.25, 0.3) is 11.3 Å². The summed E-state index contributed by atoms with van der Waals surface area (Å²) in [4.78, 5) is 34.0. The van der Waals surface area contributed by atoms with Gasteiger partial charge in [-0.25, -0.2) is 14.5 Å². The molecule has 0 spiro atoms. The smallest absolute Gasteiger partial charge is 0.302 e. The first kappa shape index (κ1) is 19.2. The summed E-state index contributed by atoms with van der Waals surface area (Å²) in [5.74, 6) is 0.419. The fourth-order valence-electron chi connectivity index (χ4n) is 3.73. The van der Waals surface area contributed by atoms with Crippen LogP contribution in [0.2, 0.25) is 0 Å². The van der Waals surface area contributed by atoms with Crippen LogP contribution >= 0.6 is 0 Å². The zero-order valence-electron chi connectivity index (χ0n) is 16.4. The van der Waals surface area contributed by atoms with E-state index in [1.807, 2.05) is 18.3 Å². The third-order valence-electron chi connectivity index (χ3n) is 5.39. The van der Waals surface area contributed by atoms with E-state index in [0.717, 1.165) is 49.3 Å². The molecule has 0 amide bonds. The fourth-order valence-corrected chi connectivity index (χ4v) is 3.73. The maximum Gasteiger partial charge on any atom is 0.347 e. The minimum absolute atomic E-state index is 0.0680. The largest absolute Gasteiger partial charge is 0.347 e. The van der Waals surface area contributed by atoms with Crippen LogP contribution in [0.1, 0.15) is 18.4 Å². The van der Waals surface area contributed by atoms with Crippen molar-refractivity contribution in [3.05, 3.63) is 75.5 Å². The fraction of sp³-hybridized carbons (Fsp3) is 0.381. The average Bonchev–Trinajstić information content (AvgIpc) is 2.74. The van der Waals surface area contributed by atoms with E-state index < -0.39 is 0 Å². The second-order valence-electron chi connectivity index (χ2n) is 7.55. The SMILES string of the molecule is Cn1cc(CN2CCC(Cn3nc(-c4ccncc4)ccc3=O)CC2)cnc1=O. The van der Waals surface area contributed by atoms with E-state index in [4.69, 9.17) is 0 Å². The van der Waals surface area contributed by atoms with Crippen LogP contribution < -0.4 is 11.2 Å². The van der Waals surface area contributed by atoms with Gasteiger partial charge in [0.25, 0.3) is 5.56 Å². The van der Waals surface area contributed by atoms with Crippen LogP contribution in [0, 0.1) is 5.92 Å². The lowest BCUT2D eigenvalue weighted by molar-refractivity contribution is 0.163. The monoisotopic (exact) mass is 392 g/mol. The summed E-state index contributed by atoms with van der Waals surface area (Å²) in [6.45, 7) is 3.31. The van der Waals surface area contributed by atoms with Crippen molar-refractivity contribution in [3.8, 4) is 11.3 Å². The Hall–Kier alpha value is -3.13. The van der Waals surface area contributed by atoms with Gasteiger partial charge in [0.15, 0.2) is 0 Å². The van der Waals surface area contributed by atoms with Crippen LogP contribution in [0.5, 0.6) is 0 Å². The Labute approximate surface area is 168 Å². The Kier molecular flexibility index (Phi) is 5.62. The van der Waals surface area contributed by atoms with Crippen LogP contribution in [-0.4, -0.2) is 42.3 Å². The maximum atomic E-state index is 12.3. The minimum Gasteiger partial charge on any atom is -0.302 e. The van der Waals surface area contributed by atoms with Crippen molar-refractivity contribution in [2.45, 2.75) is 25.9 Å². The van der Waals surface area contributed by atoms with Gasteiger partial charge in [0, 0.05) is 62.1 Å². The highest BCUT2D eigenvalue weighted by atomic mass is 16.1. The normalized spacial score (nSPS) is 15.5. The molecule has 0 atom stereocenters. The third-order valence-corrected chi connectivity index (χ3v) is 5.39. The Morgan fingerprint density at radius 3 is 2.55 bits per heavy atom. The van der Waals surface area contributed by atoms with Gasteiger partial charge in [-0.15, -0.1) is 0 Å². The highest BCUT2D eigenvalue weighted by Crippen LogP contribution is 2.20. The van der Waals surface area contributed by atoms with Crippen LogP contribution in [0.3, 0.4) is 0 Å². The number of pyridine rings is 1. The van der Waals surface area contributed by atoms with Gasteiger partial charge in [0.1, 0.15) is 0 Å². The predicted octanol–water partition coefficient (Wildman–Crippen LogP) is 1.31. The van der Waals surface area contributed by atoms with Crippen molar-refractivity contribution in [2.75, 3.05) is 13.1 Å². The molecule has 0 aromatic carbocycles. The zero-order valence-corrected chi connectivity index (χ0v) is 16.4. The van der Waals surface area contributed by atoms with Gasteiger partial charge in [-0.3, -0.25) is 14.7 Å². The first-order chi connectivity index (χ1) is 14.1. The molecule has 1 aliphatic heterocycles. The van der Waals surface area contributed by atoms with Gasteiger partial charge in [-0.1, -0.05) is 0 Å². The summed E-state index contributed by atoms with van der Waals surface area (Å²) in [7, 11) is 1.72. The minimum atomic E-state index is -0.237. The molecule has 3 aromatic heterocycles. The molecule has 8 heteroatoms. The van der Waals surface area contributed by atoms with E-state index >= 15 is 0 Å². The van der Waals surface area contributed by atoms with Crippen molar-refractivity contribution in [3.63, 3.8) is 0 Å².